The van der Waals surface area contributed by atoms with Crippen molar-refractivity contribution < 1.29 is 14.3 Å². The summed E-state index contributed by atoms with van der Waals surface area (Å²) in [5.74, 6) is 0.295. The molecule has 29 heavy (non-hydrogen) atoms. The Balaban J connectivity index is 1.58. The van der Waals surface area contributed by atoms with Crippen molar-refractivity contribution in [3.05, 3.63) is 51.6 Å². The van der Waals surface area contributed by atoms with Gasteiger partial charge in [-0.25, -0.2) is 0 Å². The van der Waals surface area contributed by atoms with Crippen molar-refractivity contribution in [2.45, 2.75) is 26.8 Å². The highest BCUT2D eigenvalue weighted by Gasteiger charge is 2.21. The summed E-state index contributed by atoms with van der Waals surface area (Å²) < 4.78 is 7.46. The molecule has 1 aromatic carbocycles. The van der Waals surface area contributed by atoms with Crippen LogP contribution in [0.4, 0.5) is 0 Å². The number of aromatic amines is 1. The van der Waals surface area contributed by atoms with E-state index in [0.29, 0.717) is 16.3 Å². The van der Waals surface area contributed by atoms with Crippen molar-refractivity contribution in [3.63, 3.8) is 0 Å². The van der Waals surface area contributed by atoms with Gasteiger partial charge in [-0.1, -0.05) is 18.2 Å². The van der Waals surface area contributed by atoms with Gasteiger partial charge in [0.25, 0.3) is 11.8 Å². The molecule has 2 heterocycles. The number of nitrogens with one attached hydrogen (secondary N) is 3. The molecule has 2 aromatic heterocycles. The number of thiophene rings is 1. The van der Waals surface area contributed by atoms with Gasteiger partial charge >= 0.3 is 0 Å². The van der Waals surface area contributed by atoms with Crippen LogP contribution in [0, 0.1) is 18.6 Å². The Morgan fingerprint density at radius 2 is 2.10 bits per heavy atom. The van der Waals surface area contributed by atoms with Crippen LogP contribution >= 0.6 is 23.6 Å². The molecule has 1 atom stereocenters. The summed E-state index contributed by atoms with van der Waals surface area (Å²) >= 11 is 6.75. The van der Waals surface area contributed by atoms with Crippen LogP contribution in [0.5, 0.6) is 5.75 Å². The fourth-order valence-electron chi connectivity index (χ4n) is 2.64. The van der Waals surface area contributed by atoms with Crippen molar-refractivity contribution in [2.75, 3.05) is 6.61 Å². The molecule has 0 radical (unpaired) electrons. The van der Waals surface area contributed by atoms with E-state index in [-0.39, 0.29) is 6.61 Å². The molecule has 2 amide bonds. The summed E-state index contributed by atoms with van der Waals surface area (Å²) in [6.07, 6.45) is 0. The van der Waals surface area contributed by atoms with Gasteiger partial charge in [0.1, 0.15) is 11.8 Å². The van der Waals surface area contributed by atoms with E-state index in [1.54, 1.807) is 11.5 Å². The first-order valence-electron chi connectivity index (χ1n) is 8.86. The summed E-state index contributed by atoms with van der Waals surface area (Å²) in [5.41, 5.74) is 6.73. The zero-order valence-electron chi connectivity index (χ0n) is 16.2. The predicted molar refractivity (Wildman–Crippen MR) is 113 cm³/mol. The van der Waals surface area contributed by atoms with E-state index in [4.69, 9.17) is 17.0 Å². The van der Waals surface area contributed by atoms with Crippen LogP contribution in [0.1, 0.15) is 24.1 Å². The number of hydrogen-bond acceptors (Lipinski definition) is 6. The number of aryl methyl sites for hydroxylation is 2. The monoisotopic (exact) mass is 431 g/mol. The van der Waals surface area contributed by atoms with Gasteiger partial charge in [-0.3, -0.25) is 30.1 Å². The number of hydrazine groups is 1. The third kappa shape index (κ3) is 4.90. The van der Waals surface area contributed by atoms with E-state index in [0.717, 1.165) is 16.0 Å². The van der Waals surface area contributed by atoms with Crippen LogP contribution in [0.25, 0.3) is 10.7 Å². The predicted octanol–water partition coefficient (Wildman–Crippen LogP) is 3.07. The number of rotatable bonds is 6. The highest BCUT2D eigenvalue weighted by molar-refractivity contribution is 7.71. The van der Waals surface area contributed by atoms with Gasteiger partial charge < -0.3 is 4.74 Å². The van der Waals surface area contributed by atoms with Gasteiger partial charge in [-0.2, -0.15) is 5.10 Å². The van der Waals surface area contributed by atoms with E-state index in [9.17, 15) is 9.59 Å². The minimum atomic E-state index is -0.682. The van der Waals surface area contributed by atoms with Crippen molar-refractivity contribution in [2.24, 2.45) is 0 Å². The molecule has 1 unspecified atom stereocenters. The van der Waals surface area contributed by atoms with Gasteiger partial charge in [0, 0.05) is 0 Å². The Morgan fingerprint density at radius 1 is 1.31 bits per heavy atom. The number of nitrogens with zero attached hydrogens (tertiary/aromatic N) is 2. The first-order chi connectivity index (χ1) is 13.9. The first-order valence-corrected chi connectivity index (χ1v) is 10.1. The average Bonchev–Trinajstić information content (AvgIpc) is 3.35. The second-order valence-electron chi connectivity index (χ2n) is 6.47. The standard InChI is InChI=1S/C19H21N5O3S2/c1-11-6-7-12(2)14(9-11)27-10-16(25)20-22-18(26)13(3)24-17(21-23-19(24)28)15-5-4-8-29-15/h4-9,13H,10H2,1-3H3,(H,20,25)(H,22,26)(H,23,28). The molecule has 0 saturated carbocycles. The lowest BCUT2D eigenvalue weighted by Crippen LogP contribution is -2.46. The number of H-pyrrole nitrogens is 1. The number of carbonyl (C=O) groups is 2. The fourth-order valence-corrected chi connectivity index (χ4v) is 3.64. The molecule has 3 rings (SSSR count). The minimum Gasteiger partial charge on any atom is -0.483 e. The maximum atomic E-state index is 12.5. The van der Waals surface area contributed by atoms with Crippen molar-refractivity contribution in [3.8, 4) is 16.5 Å². The zero-order valence-corrected chi connectivity index (χ0v) is 17.8. The smallest absolute Gasteiger partial charge is 0.276 e. The molecule has 10 heteroatoms. The molecule has 0 aliphatic carbocycles. The van der Waals surface area contributed by atoms with E-state index in [1.807, 2.05) is 49.6 Å². The molecular formula is C19H21N5O3S2. The second kappa shape index (κ2) is 9.01. The first kappa shape index (κ1) is 20.7. The second-order valence-corrected chi connectivity index (χ2v) is 7.81. The molecule has 3 N–H and O–H groups in total. The topological polar surface area (TPSA) is 101 Å². The number of hydrogen-bond donors (Lipinski definition) is 3. The molecule has 8 nitrogen and oxygen atoms in total. The third-order valence-electron chi connectivity index (χ3n) is 4.24. The van der Waals surface area contributed by atoms with E-state index in [1.165, 1.54) is 11.3 Å². The fraction of sp³-hybridized carbons (Fsp3) is 0.263. The Kier molecular flexibility index (Phi) is 6.45. The lowest BCUT2D eigenvalue weighted by Gasteiger charge is -2.16. The summed E-state index contributed by atoms with van der Waals surface area (Å²) in [6.45, 7) is 5.30. The third-order valence-corrected chi connectivity index (χ3v) is 5.39. The van der Waals surface area contributed by atoms with Crippen molar-refractivity contribution in [1.29, 1.82) is 0 Å². The van der Waals surface area contributed by atoms with E-state index >= 15 is 0 Å². The summed E-state index contributed by atoms with van der Waals surface area (Å²) in [5, 5.41) is 8.83. The summed E-state index contributed by atoms with van der Waals surface area (Å²) in [7, 11) is 0. The number of amides is 2. The molecule has 0 bridgehead atoms. The average molecular weight is 432 g/mol. The van der Waals surface area contributed by atoms with Crippen LogP contribution < -0.4 is 15.6 Å². The number of ether oxygens (including phenoxy) is 1. The van der Waals surface area contributed by atoms with Crippen LogP contribution in [0.15, 0.2) is 35.7 Å². The Morgan fingerprint density at radius 3 is 2.83 bits per heavy atom. The molecule has 152 valence electrons. The van der Waals surface area contributed by atoms with Gasteiger partial charge in [0.05, 0.1) is 4.88 Å². The van der Waals surface area contributed by atoms with E-state index < -0.39 is 17.9 Å². The van der Waals surface area contributed by atoms with Crippen LogP contribution in [0.2, 0.25) is 0 Å². The highest BCUT2D eigenvalue weighted by atomic mass is 32.1. The maximum Gasteiger partial charge on any atom is 0.276 e. The molecule has 0 aliphatic rings. The Hall–Kier alpha value is -2.98. The number of aromatic nitrogens is 3. The lowest BCUT2D eigenvalue weighted by molar-refractivity contribution is -0.131. The van der Waals surface area contributed by atoms with Crippen LogP contribution in [-0.4, -0.2) is 33.2 Å². The van der Waals surface area contributed by atoms with Gasteiger partial charge in [0.2, 0.25) is 0 Å². The Labute approximate surface area is 176 Å². The van der Waals surface area contributed by atoms with Gasteiger partial charge in [-0.05, 0) is 61.6 Å². The quantitative estimate of drug-likeness (QED) is 0.411. The molecule has 0 saturated heterocycles. The minimum absolute atomic E-state index is 0.218. The zero-order chi connectivity index (χ0) is 21.0. The molecule has 3 aromatic rings. The summed E-state index contributed by atoms with van der Waals surface area (Å²) in [4.78, 5) is 25.5. The lowest BCUT2D eigenvalue weighted by atomic mass is 10.1. The summed E-state index contributed by atoms with van der Waals surface area (Å²) in [6, 6.07) is 8.85. The van der Waals surface area contributed by atoms with Crippen LogP contribution in [-0.2, 0) is 9.59 Å². The largest absolute Gasteiger partial charge is 0.483 e. The Bertz CT molecular complexity index is 1070. The molecule has 0 aliphatic heterocycles. The molecular weight excluding hydrogens is 410 g/mol. The number of carbonyl (C=O) groups excluding carboxylic acids is 2. The van der Waals surface area contributed by atoms with Gasteiger partial charge in [0.15, 0.2) is 17.2 Å². The van der Waals surface area contributed by atoms with Crippen molar-refractivity contribution >= 4 is 35.4 Å². The molecule has 0 fully saturated rings. The molecule has 0 spiro atoms. The van der Waals surface area contributed by atoms with Gasteiger partial charge in [-0.15, -0.1) is 11.3 Å². The van der Waals surface area contributed by atoms with E-state index in [2.05, 4.69) is 21.0 Å². The van der Waals surface area contributed by atoms with Crippen LogP contribution in [0.3, 0.4) is 0 Å². The number of benzene rings is 1. The van der Waals surface area contributed by atoms with Crippen molar-refractivity contribution in [1.82, 2.24) is 25.6 Å². The SMILES string of the molecule is Cc1ccc(C)c(OCC(=O)NNC(=O)C(C)n2c(-c3cccs3)n[nH]c2=S)c1. The normalized spacial score (nSPS) is 11.7. The maximum absolute atomic E-state index is 12.5. The highest BCUT2D eigenvalue weighted by Crippen LogP contribution is 2.25.